The third-order valence-electron chi connectivity index (χ3n) is 3.88. The van der Waals surface area contributed by atoms with E-state index in [0.29, 0.717) is 5.69 Å². The quantitative estimate of drug-likeness (QED) is 0.818. The van der Waals surface area contributed by atoms with Gasteiger partial charge < -0.3 is 15.2 Å². The number of carbonyl (C=O) groups excluding carboxylic acids is 1. The first-order valence-corrected chi connectivity index (χ1v) is 7.68. The van der Waals surface area contributed by atoms with Crippen molar-refractivity contribution >= 4 is 12.1 Å². The normalized spacial score (nSPS) is 17.4. The number of alkyl carbamates (subject to hydrolysis) is 1. The maximum atomic E-state index is 12.0. The van der Waals surface area contributed by atoms with Crippen LogP contribution in [0.5, 0.6) is 0 Å². The highest BCUT2D eigenvalue weighted by atomic mass is 16.6. The zero-order valence-corrected chi connectivity index (χ0v) is 14.0. The van der Waals surface area contributed by atoms with Crippen LogP contribution in [0.3, 0.4) is 0 Å². The molecule has 1 aromatic heterocycles. The van der Waals surface area contributed by atoms with Gasteiger partial charge in [-0.1, -0.05) is 5.21 Å². The van der Waals surface area contributed by atoms with Crippen LogP contribution in [-0.2, 0) is 23.0 Å². The largest absolute Gasteiger partial charge is 0.481 e. The highest BCUT2D eigenvalue weighted by molar-refractivity contribution is 5.77. The average molecular weight is 324 g/mol. The van der Waals surface area contributed by atoms with E-state index in [4.69, 9.17) is 4.74 Å². The van der Waals surface area contributed by atoms with Crippen molar-refractivity contribution in [1.82, 2.24) is 20.3 Å². The van der Waals surface area contributed by atoms with E-state index >= 15 is 0 Å². The summed E-state index contributed by atoms with van der Waals surface area (Å²) in [7, 11) is 1.73. The number of carbonyl (C=O) groups is 2. The molecule has 1 aliphatic carbocycles. The van der Waals surface area contributed by atoms with E-state index in [1.54, 1.807) is 34.0 Å². The molecule has 0 bridgehead atoms. The first-order valence-electron chi connectivity index (χ1n) is 7.68. The Labute approximate surface area is 135 Å². The van der Waals surface area contributed by atoms with Gasteiger partial charge in [0.2, 0.25) is 0 Å². The molecule has 1 amide bonds. The van der Waals surface area contributed by atoms with Crippen molar-refractivity contribution in [3.05, 3.63) is 11.9 Å². The van der Waals surface area contributed by atoms with Gasteiger partial charge in [-0.3, -0.25) is 9.48 Å². The van der Waals surface area contributed by atoms with Crippen molar-refractivity contribution in [2.45, 2.75) is 45.6 Å². The van der Waals surface area contributed by atoms with Crippen molar-refractivity contribution in [3.8, 4) is 0 Å². The fourth-order valence-electron chi connectivity index (χ4n) is 2.66. The molecule has 0 aliphatic heterocycles. The van der Waals surface area contributed by atoms with E-state index in [2.05, 4.69) is 15.6 Å². The lowest BCUT2D eigenvalue weighted by Gasteiger charge is -2.29. The van der Waals surface area contributed by atoms with Gasteiger partial charge in [0.25, 0.3) is 0 Å². The summed E-state index contributed by atoms with van der Waals surface area (Å²) in [5.41, 5.74) is -1.10. The van der Waals surface area contributed by atoms with E-state index in [1.807, 2.05) is 0 Å². The van der Waals surface area contributed by atoms with Gasteiger partial charge >= 0.3 is 12.1 Å². The van der Waals surface area contributed by atoms with Gasteiger partial charge in [0.1, 0.15) is 5.60 Å². The molecule has 23 heavy (non-hydrogen) atoms. The van der Waals surface area contributed by atoms with Crippen molar-refractivity contribution in [2.24, 2.45) is 18.4 Å². The number of carboxylic acids is 1. The van der Waals surface area contributed by atoms with Crippen LogP contribution in [0.4, 0.5) is 4.79 Å². The predicted molar refractivity (Wildman–Crippen MR) is 81.7 cm³/mol. The Balaban J connectivity index is 2.11. The fourth-order valence-corrected chi connectivity index (χ4v) is 2.66. The van der Waals surface area contributed by atoms with Gasteiger partial charge in [-0.15, -0.1) is 5.10 Å². The second kappa shape index (κ2) is 6.17. The lowest BCUT2D eigenvalue weighted by molar-refractivity contribution is -0.150. The van der Waals surface area contributed by atoms with Crippen molar-refractivity contribution in [2.75, 3.05) is 6.54 Å². The second-order valence-electron chi connectivity index (χ2n) is 7.15. The van der Waals surface area contributed by atoms with Gasteiger partial charge in [0, 0.05) is 26.2 Å². The maximum Gasteiger partial charge on any atom is 0.407 e. The number of hydrogen-bond donors (Lipinski definition) is 2. The Morgan fingerprint density at radius 2 is 2.09 bits per heavy atom. The number of hydrogen-bond acceptors (Lipinski definition) is 5. The van der Waals surface area contributed by atoms with Gasteiger partial charge in [-0.05, 0) is 39.5 Å². The van der Waals surface area contributed by atoms with Gasteiger partial charge in [0.05, 0.1) is 11.1 Å². The maximum absolute atomic E-state index is 12.0. The van der Waals surface area contributed by atoms with Crippen LogP contribution < -0.4 is 5.32 Å². The Morgan fingerprint density at radius 3 is 2.52 bits per heavy atom. The summed E-state index contributed by atoms with van der Waals surface area (Å²) in [5.74, 6) is -0.904. The molecule has 0 saturated heterocycles. The minimum atomic E-state index is -1.08. The number of aryl methyl sites for hydroxylation is 1. The highest BCUT2D eigenvalue weighted by Crippen LogP contribution is 2.47. The smallest absolute Gasteiger partial charge is 0.407 e. The number of amides is 1. The summed E-state index contributed by atoms with van der Waals surface area (Å²) in [4.78, 5) is 23.8. The Hall–Kier alpha value is -2.12. The van der Waals surface area contributed by atoms with E-state index in [0.717, 1.165) is 12.8 Å². The molecule has 128 valence electrons. The zero-order chi connectivity index (χ0) is 17.3. The summed E-state index contributed by atoms with van der Waals surface area (Å²) in [6.45, 7) is 5.30. The van der Waals surface area contributed by atoms with Crippen molar-refractivity contribution < 1.29 is 19.4 Å². The number of nitrogens with zero attached hydrogens (tertiary/aromatic N) is 3. The molecule has 8 heteroatoms. The van der Waals surface area contributed by atoms with Crippen LogP contribution in [0.1, 0.15) is 39.3 Å². The first kappa shape index (κ1) is 17.2. The summed E-state index contributed by atoms with van der Waals surface area (Å²) in [6, 6.07) is 0. The van der Waals surface area contributed by atoms with E-state index in [1.165, 1.54) is 4.68 Å². The molecule has 1 heterocycles. The number of ether oxygens (including phenoxy) is 1. The molecule has 2 rings (SSSR count). The van der Waals surface area contributed by atoms with Gasteiger partial charge in [0.15, 0.2) is 0 Å². The fraction of sp³-hybridized carbons (Fsp3) is 0.733. The standard InChI is InChI=1S/C15H24N4O4/c1-14(2,3)23-13(22)16-9-15(12(20)21,10-5-6-10)7-11-8-19(4)18-17-11/h8,10H,5-7,9H2,1-4H3,(H,16,22)(H,20,21). The number of nitrogens with one attached hydrogen (secondary N) is 1. The third kappa shape index (κ3) is 4.43. The molecule has 1 aromatic rings. The summed E-state index contributed by atoms with van der Waals surface area (Å²) in [6.07, 6.45) is 3.00. The molecule has 2 N–H and O–H groups in total. The van der Waals surface area contributed by atoms with Crippen LogP contribution in [0.2, 0.25) is 0 Å². The average Bonchev–Trinajstić information content (AvgIpc) is 3.17. The Kier molecular flexibility index (Phi) is 4.63. The number of aliphatic carboxylic acids is 1. The monoisotopic (exact) mass is 324 g/mol. The first-order chi connectivity index (χ1) is 10.6. The molecule has 0 spiro atoms. The van der Waals surface area contributed by atoms with Crippen LogP contribution >= 0.6 is 0 Å². The third-order valence-corrected chi connectivity index (χ3v) is 3.88. The van der Waals surface area contributed by atoms with Gasteiger partial charge in [-0.25, -0.2) is 4.79 Å². The molecule has 1 unspecified atom stereocenters. The summed E-state index contributed by atoms with van der Waals surface area (Å²) >= 11 is 0. The van der Waals surface area contributed by atoms with Crippen LogP contribution in [0.15, 0.2) is 6.20 Å². The number of carboxylic acid groups (broad SMARTS) is 1. The van der Waals surface area contributed by atoms with Crippen LogP contribution in [0.25, 0.3) is 0 Å². The van der Waals surface area contributed by atoms with E-state index in [-0.39, 0.29) is 18.9 Å². The minimum absolute atomic E-state index is 0.0124. The molecular weight excluding hydrogens is 300 g/mol. The van der Waals surface area contributed by atoms with Crippen LogP contribution in [-0.4, -0.2) is 44.3 Å². The minimum Gasteiger partial charge on any atom is -0.481 e. The molecule has 1 atom stereocenters. The highest BCUT2D eigenvalue weighted by Gasteiger charge is 2.52. The zero-order valence-electron chi connectivity index (χ0n) is 14.0. The predicted octanol–water partition coefficient (Wildman–Crippen LogP) is 1.36. The van der Waals surface area contributed by atoms with E-state index in [9.17, 15) is 14.7 Å². The lowest BCUT2D eigenvalue weighted by atomic mass is 9.78. The van der Waals surface area contributed by atoms with E-state index < -0.39 is 23.1 Å². The molecule has 1 aliphatic rings. The SMILES string of the molecule is Cn1cc(CC(CNC(=O)OC(C)(C)C)(C(=O)O)C2CC2)nn1. The molecule has 1 fully saturated rings. The Bertz CT molecular complexity index is 589. The Morgan fingerprint density at radius 1 is 1.43 bits per heavy atom. The molecule has 1 saturated carbocycles. The molecule has 8 nitrogen and oxygen atoms in total. The second-order valence-corrected chi connectivity index (χ2v) is 7.15. The molecule has 0 radical (unpaired) electrons. The topological polar surface area (TPSA) is 106 Å². The lowest BCUT2D eigenvalue weighted by Crippen LogP contribution is -2.47. The number of aromatic nitrogens is 3. The van der Waals surface area contributed by atoms with Crippen molar-refractivity contribution in [3.63, 3.8) is 0 Å². The number of rotatable bonds is 6. The molecule has 0 aromatic carbocycles. The van der Waals surface area contributed by atoms with Crippen molar-refractivity contribution in [1.29, 1.82) is 0 Å². The van der Waals surface area contributed by atoms with Gasteiger partial charge in [-0.2, -0.15) is 0 Å². The summed E-state index contributed by atoms with van der Waals surface area (Å²) in [5, 5.41) is 20.2. The summed E-state index contributed by atoms with van der Waals surface area (Å²) < 4.78 is 6.73. The van der Waals surface area contributed by atoms with Crippen LogP contribution in [0, 0.1) is 11.3 Å². The molecular formula is C15H24N4O4.